The van der Waals surface area contributed by atoms with E-state index in [1.54, 1.807) is 24.9 Å². The zero-order valence-corrected chi connectivity index (χ0v) is 8.49. The predicted molar refractivity (Wildman–Crippen MR) is 55.3 cm³/mol. The summed E-state index contributed by atoms with van der Waals surface area (Å²) in [6.45, 7) is 1.78. The highest BCUT2D eigenvalue weighted by atomic mass is 16.3. The first kappa shape index (κ1) is 10.6. The van der Waals surface area contributed by atoms with Crippen molar-refractivity contribution in [2.45, 2.75) is 25.9 Å². The second kappa shape index (κ2) is 4.68. The molecule has 1 unspecified atom stereocenters. The van der Waals surface area contributed by atoms with E-state index in [-0.39, 0.29) is 0 Å². The van der Waals surface area contributed by atoms with Crippen molar-refractivity contribution < 1.29 is 5.11 Å². The van der Waals surface area contributed by atoms with E-state index in [2.05, 4.69) is 16.9 Å². The number of anilines is 1. The normalized spacial score (nSPS) is 11.9. The average molecular weight is 193 g/mol. The van der Waals surface area contributed by atoms with Gasteiger partial charge in [-0.3, -0.25) is 4.68 Å². The quantitative estimate of drug-likeness (QED) is 0.699. The molecule has 0 aliphatic heterocycles. The highest BCUT2D eigenvalue weighted by Crippen LogP contribution is 2.22. The van der Waals surface area contributed by atoms with Gasteiger partial charge in [0, 0.05) is 19.0 Å². The zero-order chi connectivity index (χ0) is 10.6. The van der Waals surface area contributed by atoms with Crippen molar-refractivity contribution in [1.29, 1.82) is 0 Å². The summed E-state index contributed by atoms with van der Waals surface area (Å²) in [6, 6.07) is 0. The van der Waals surface area contributed by atoms with E-state index in [9.17, 15) is 5.11 Å². The molecular formula is C10H15N3O. The molecule has 0 aliphatic carbocycles. The molecule has 0 saturated carbocycles. The Morgan fingerprint density at radius 3 is 2.93 bits per heavy atom. The third kappa shape index (κ3) is 2.27. The van der Waals surface area contributed by atoms with Gasteiger partial charge in [-0.05, 0) is 13.3 Å². The molecule has 0 bridgehead atoms. The van der Waals surface area contributed by atoms with E-state index < -0.39 is 6.10 Å². The maximum absolute atomic E-state index is 9.74. The first-order valence-corrected chi connectivity index (χ1v) is 4.52. The van der Waals surface area contributed by atoms with Crippen LogP contribution < -0.4 is 5.73 Å². The number of aliphatic hydroxyl groups excluding tert-OH is 1. The van der Waals surface area contributed by atoms with Gasteiger partial charge in [-0.1, -0.05) is 0 Å². The Hall–Kier alpha value is -1.47. The summed E-state index contributed by atoms with van der Waals surface area (Å²) in [7, 11) is 1.75. The summed E-state index contributed by atoms with van der Waals surface area (Å²) in [5, 5.41) is 13.7. The molecule has 0 saturated heterocycles. The number of aliphatic hydroxyl groups is 1. The zero-order valence-electron chi connectivity index (χ0n) is 8.49. The fourth-order valence-electron chi connectivity index (χ4n) is 1.21. The number of hydrogen-bond acceptors (Lipinski definition) is 3. The summed E-state index contributed by atoms with van der Waals surface area (Å²) in [5.41, 5.74) is 6.40. The van der Waals surface area contributed by atoms with Crippen LogP contribution in [-0.4, -0.2) is 14.9 Å². The minimum atomic E-state index is -0.565. The van der Waals surface area contributed by atoms with Crippen LogP contribution in [0.2, 0.25) is 0 Å². The largest absolute Gasteiger partial charge is 0.388 e. The van der Waals surface area contributed by atoms with Crippen LogP contribution >= 0.6 is 0 Å². The van der Waals surface area contributed by atoms with Gasteiger partial charge in [0.05, 0.1) is 12.3 Å². The predicted octanol–water partition coefficient (Wildman–Crippen LogP) is 0.839. The van der Waals surface area contributed by atoms with Crippen LogP contribution in [0.3, 0.4) is 0 Å². The monoisotopic (exact) mass is 193 g/mol. The van der Waals surface area contributed by atoms with Crippen molar-refractivity contribution in [2.75, 3.05) is 5.73 Å². The summed E-state index contributed by atoms with van der Waals surface area (Å²) in [5.74, 6) is 6.19. The Balaban J connectivity index is 2.63. The highest BCUT2D eigenvalue weighted by Gasteiger charge is 2.13. The number of aryl methyl sites for hydroxylation is 1. The Morgan fingerprint density at radius 2 is 2.43 bits per heavy atom. The number of nitrogens with two attached hydrogens (primary N) is 1. The van der Waals surface area contributed by atoms with Crippen LogP contribution in [0.25, 0.3) is 0 Å². The maximum Gasteiger partial charge on any atom is 0.127 e. The van der Waals surface area contributed by atoms with Crippen molar-refractivity contribution in [1.82, 2.24) is 9.78 Å². The van der Waals surface area contributed by atoms with E-state index in [4.69, 9.17) is 5.73 Å². The van der Waals surface area contributed by atoms with Crippen LogP contribution in [0.15, 0.2) is 6.20 Å². The van der Waals surface area contributed by atoms with Gasteiger partial charge in [-0.2, -0.15) is 5.10 Å². The number of nitrogen functional groups attached to an aromatic ring is 1. The van der Waals surface area contributed by atoms with Gasteiger partial charge in [0.15, 0.2) is 0 Å². The van der Waals surface area contributed by atoms with Gasteiger partial charge in [0.25, 0.3) is 0 Å². The molecule has 1 rings (SSSR count). The molecule has 0 aliphatic rings. The lowest BCUT2D eigenvalue weighted by Crippen LogP contribution is -2.03. The van der Waals surface area contributed by atoms with Crippen LogP contribution in [0, 0.1) is 11.8 Å². The third-order valence-corrected chi connectivity index (χ3v) is 2.09. The molecule has 4 nitrogen and oxygen atoms in total. The van der Waals surface area contributed by atoms with Crippen LogP contribution in [-0.2, 0) is 7.05 Å². The molecule has 14 heavy (non-hydrogen) atoms. The second-order valence-corrected chi connectivity index (χ2v) is 3.09. The lowest BCUT2D eigenvalue weighted by atomic mass is 10.1. The van der Waals surface area contributed by atoms with Gasteiger partial charge < -0.3 is 10.8 Å². The smallest absolute Gasteiger partial charge is 0.127 e. The van der Waals surface area contributed by atoms with Crippen LogP contribution in [0.5, 0.6) is 0 Å². The number of aromatic nitrogens is 2. The molecule has 0 fully saturated rings. The number of rotatable bonds is 3. The van der Waals surface area contributed by atoms with Gasteiger partial charge >= 0.3 is 0 Å². The minimum Gasteiger partial charge on any atom is -0.388 e. The topological polar surface area (TPSA) is 64.1 Å². The Bertz CT molecular complexity index is 359. The molecule has 3 N–H and O–H groups in total. The molecule has 76 valence electrons. The van der Waals surface area contributed by atoms with E-state index in [0.717, 1.165) is 0 Å². The molecule has 0 spiro atoms. The SMILES string of the molecule is CC#CCCC(O)c1cnn(C)c1N. The Kier molecular flexibility index (Phi) is 3.55. The summed E-state index contributed by atoms with van der Waals surface area (Å²) >= 11 is 0. The van der Waals surface area contributed by atoms with Crippen LogP contribution in [0.4, 0.5) is 5.82 Å². The average Bonchev–Trinajstić information content (AvgIpc) is 2.48. The van der Waals surface area contributed by atoms with E-state index in [1.165, 1.54) is 0 Å². The molecule has 1 heterocycles. The lowest BCUT2D eigenvalue weighted by Gasteiger charge is -2.07. The molecule has 4 heteroatoms. The van der Waals surface area contributed by atoms with Crippen molar-refractivity contribution >= 4 is 5.82 Å². The molecule has 1 atom stereocenters. The Morgan fingerprint density at radius 1 is 1.71 bits per heavy atom. The highest BCUT2D eigenvalue weighted by molar-refractivity contribution is 5.39. The van der Waals surface area contributed by atoms with Crippen molar-refractivity contribution in [2.24, 2.45) is 7.05 Å². The molecule has 0 amide bonds. The second-order valence-electron chi connectivity index (χ2n) is 3.09. The first-order chi connectivity index (χ1) is 6.66. The van der Waals surface area contributed by atoms with Crippen molar-refractivity contribution in [3.05, 3.63) is 11.8 Å². The molecular weight excluding hydrogens is 178 g/mol. The van der Waals surface area contributed by atoms with E-state index in [0.29, 0.717) is 24.2 Å². The van der Waals surface area contributed by atoms with Gasteiger partial charge in [-0.25, -0.2) is 0 Å². The third-order valence-electron chi connectivity index (χ3n) is 2.09. The number of nitrogens with zero attached hydrogens (tertiary/aromatic N) is 2. The summed E-state index contributed by atoms with van der Waals surface area (Å²) in [6.07, 6.45) is 2.30. The Labute approximate surface area is 83.7 Å². The van der Waals surface area contributed by atoms with Gasteiger partial charge in [0.2, 0.25) is 0 Å². The number of hydrogen-bond donors (Lipinski definition) is 2. The fourth-order valence-corrected chi connectivity index (χ4v) is 1.21. The maximum atomic E-state index is 9.74. The van der Waals surface area contributed by atoms with Crippen molar-refractivity contribution in [3.8, 4) is 11.8 Å². The lowest BCUT2D eigenvalue weighted by molar-refractivity contribution is 0.170. The van der Waals surface area contributed by atoms with Gasteiger partial charge in [-0.15, -0.1) is 11.8 Å². The molecule has 0 aromatic carbocycles. The van der Waals surface area contributed by atoms with Crippen molar-refractivity contribution in [3.63, 3.8) is 0 Å². The summed E-state index contributed by atoms with van der Waals surface area (Å²) < 4.78 is 1.55. The van der Waals surface area contributed by atoms with Gasteiger partial charge in [0.1, 0.15) is 5.82 Å². The van der Waals surface area contributed by atoms with E-state index in [1.807, 2.05) is 0 Å². The molecule has 0 radical (unpaired) electrons. The minimum absolute atomic E-state index is 0.516. The molecule has 1 aromatic heterocycles. The standard InChI is InChI=1S/C10H15N3O/c1-3-4-5-6-9(14)8-7-12-13(2)10(8)11/h7,9,14H,5-6,11H2,1-2H3. The fraction of sp³-hybridized carbons (Fsp3) is 0.500. The first-order valence-electron chi connectivity index (χ1n) is 4.52. The summed E-state index contributed by atoms with van der Waals surface area (Å²) in [4.78, 5) is 0. The van der Waals surface area contributed by atoms with E-state index >= 15 is 0 Å². The molecule has 1 aromatic rings. The van der Waals surface area contributed by atoms with Crippen LogP contribution in [0.1, 0.15) is 31.4 Å².